The average molecular weight is 273 g/mol. The minimum atomic E-state index is -0.0164. The minimum Gasteiger partial charge on any atom is -0.378 e. The quantitative estimate of drug-likeness (QED) is 0.842. The smallest absolute Gasteiger partial charge is 0.142 e. The second-order valence-corrected chi connectivity index (χ2v) is 5.23. The molecule has 2 unspecified atom stereocenters. The van der Waals surface area contributed by atoms with Gasteiger partial charge in [-0.05, 0) is 31.0 Å². The SMILES string of the molecule is CC1CC(C(=O)Cc2c(Cl)cccc2Cl)CO1. The van der Waals surface area contributed by atoms with Gasteiger partial charge in [0, 0.05) is 22.4 Å². The monoisotopic (exact) mass is 272 g/mol. The Hall–Kier alpha value is -0.570. The molecule has 4 heteroatoms. The molecule has 2 atom stereocenters. The third-order valence-corrected chi connectivity index (χ3v) is 3.77. The molecule has 0 spiro atoms. The van der Waals surface area contributed by atoms with Gasteiger partial charge in [-0.1, -0.05) is 29.3 Å². The molecular weight excluding hydrogens is 259 g/mol. The van der Waals surface area contributed by atoms with Crippen molar-refractivity contribution in [1.82, 2.24) is 0 Å². The van der Waals surface area contributed by atoms with Crippen LogP contribution in [0.4, 0.5) is 0 Å². The summed E-state index contributed by atoms with van der Waals surface area (Å²) in [6.07, 6.45) is 1.26. The Balaban J connectivity index is 2.08. The van der Waals surface area contributed by atoms with Gasteiger partial charge in [0.05, 0.1) is 12.7 Å². The van der Waals surface area contributed by atoms with Crippen molar-refractivity contribution in [3.8, 4) is 0 Å². The summed E-state index contributed by atoms with van der Waals surface area (Å²) in [6, 6.07) is 5.28. The van der Waals surface area contributed by atoms with Crippen molar-refractivity contribution in [3.63, 3.8) is 0 Å². The van der Waals surface area contributed by atoms with E-state index in [1.165, 1.54) is 0 Å². The predicted octanol–water partition coefficient (Wildman–Crippen LogP) is 3.53. The summed E-state index contributed by atoms with van der Waals surface area (Å²) in [7, 11) is 0. The third-order valence-electron chi connectivity index (χ3n) is 3.07. The summed E-state index contributed by atoms with van der Waals surface area (Å²) < 4.78 is 5.40. The van der Waals surface area contributed by atoms with Crippen molar-refractivity contribution in [2.24, 2.45) is 5.92 Å². The van der Waals surface area contributed by atoms with Crippen molar-refractivity contribution in [1.29, 1.82) is 0 Å². The maximum atomic E-state index is 12.1. The Morgan fingerprint density at radius 3 is 2.59 bits per heavy atom. The van der Waals surface area contributed by atoms with E-state index in [0.29, 0.717) is 23.1 Å². The van der Waals surface area contributed by atoms with Crippen LogP contribution in [0, 0.1) is 5.92 Å². The van der Waals surface area contributed by atoms with Crippen LogP contribution in [0.25, 0.3) is 0 Å². The topological polar surface area (TPSA) is 26.3 Å². The van der Waals surface area contributed by atoms with Crippen LogP contribution in [0.15, 0.2) is 18.2 Å². The Kier molecular flexibility index (Phi) is 4.08. The van der Waals surface area contributed by atoms with Crippen LogP contribution in [-0.2, 0) is 16.0 Å². The van der Waals surface area contributed by atoms with Crippen LogP contribution in [-0.4, -0.2) is 18.5 Å². The molecule has 2 nitrogen and oxygen atoms in total. The standard InChI is InChI=1S/C13H14Cl2O2/c1-8-5-9(7-17-8)13(16)6-10-11(14)3-2-4-12(10)15/h2-4,8-9H,5-7H2,1H3. The maximum Gasteiger partial charge on any atom is 0.142 e. The molecule has 0 bridgehead atoms. The number of hydrogen-bond donors (Lipinski definition) is 0. The second-order valence-electron chi connectivity index (χ2n) is 4.42. The second kappa shape index (κ2) is 5.38. The fraction of sp³-hybridized carbons (Fsp3) is 0.462. The molecule has 1 heterocycles. The molecule has 0 aliphatic carbocycles. The van der Waals surface area contributed by atoms with Crippen LogP contribution in [0.2, 0.25) is 10.0 Å². The van der Waals surface area contributed by atoms with Crippen LogP contribution >= 0.6 is 23.2 Å². The van der Waals surface area contributed by atoms with Gasteiger partial charge in [-0.25, -0.2) is 0 Å². The lowest BCUT2D eigenvalue weighted by Crippen LogP contribution is -2.17. The van der Waals surface area contributed by atoms with E-state index in [4.69, 9.17) is 27.9 Å². The van der Waals surface area contributed by atoms with Crippen molar-refractivity contribution < 1.29 is 9.53 Å². The van der Waals surface area contributed by atoms with E-state index < -0.39 is 0 Å². The summed E-state index contributed by atoms with van der Waals surface area (Å²) in [5, 5.41) is 1.11. The van der Waals surface area contributed by atoms with Crippen LogP contribution < -0.4 is 0 Å². The van der Waals surface area contributed by atoms with Crippen molar-refractivity contribution in [2.45, 2.75) is 25.9 Å². The highest BCUT2D eigenvalue weighted by Crippen LogP contribution is 2.28. The summed E-state index contributed by atoms with van der Waals surface area (Å²) >= 11 is 12.1. The van der Waals surface area contributed by atoms with Crippen LogP contribution in [0.3, 0.4) is 0 Å². The van der Waals surface area contributed by atoms with Crippen molar-refractivity contribution >= 4 is 29.0 Å². The van der Waals surface area contributed by atoms with Gasteiger partial charge in [0.25, 0.3) is 0 Å². The Morgan fingerprint density at radius 1 is 1.41 bits per heavy atom. The lowest BCUT2D eigenvalue weighted by molar-refractivity contribution is -0.122. The number of rotatable bonds is 3. The average Bonchev–Trinajstić information content (AvgIpc) is 2.70. The number of ketones is 1. The van der Waals surface area contributed by atoms with Gasteiger partial charge in [-0.3, -0.25) is 4.79 Å². The highest BCUT2D eigenvalue weighted by atomic mass is 35.5. The molecule has 1 aliphatic rings. The molecule has 0 amide bonds. The molecule has 17 heavy (non-hydrogen) atoms. The fourth-order valence-electron chi connectivity index (χ4n) is 2.06. The number of halogens is 2. The lowest BCUT2D eigenvalue weighted by Gasteiger charge is -2.09. The van der Waals surface area contributed by atoms with Gasteiger partial charge in [-0.2, -0.15) is 0 Å². The van der Waals surface area contributed by atoms with E-state index in [1.54, 1.807) is 18.2 Å². The van der Waals surface area contributed by atoms with Gasteiger partial charge >= 0.3 is 0 Å². The molecule has 92 valence electrons. The molecular formula is C13H14Cl2O2. The minimum absolute atomic E-state index is 0.0164. The Bertz CT molecular complexity index is 411. The predicted molar refractivity (Wildman–Crippen MR) is 68.7 cm³/mol. The van der Waals surface area contributed by atoms with Crippen LogP contribution in [0.5, 0.6) is 0 Å². The first kappa shape index (κ1) is 12.9. The highest BCUT2D eigenvalue weighted by Gasteiger charge is 2.28. The van der Waals surface area contributed by atoms with E-state index in [1.807, 2.05) is 6.92 Å². The van der Waals surface area contributed by atoms with E-state index in [9.17, 15) is 4.79 Å². The molecule has 0 radical (unpaired) electrons. The first-order valence-corrected chi connectivity index (χ1v) is 6.40. The van der Waals surface area contributed by atoms with E-state index in [0.717, 1.165) is 12.0 Å². The normalized spacial score (nSPS) is 23.9. The zero-order valence-electron chi connectivity index (χ0n) is 9.58. The van der Waals surface area contributed by atoms with Crippen molar-refractivity contribution in [3.05, 3.63) is 33.8 Å². The van der Waals surface area contributed by atoms with Crippen LogP contribution in [0.1, 0.15) is 18.9 Å². The number of ether oxygens (including phenoxy) is 1. The zero-order valence-corrected chi connectivity index (χ0v) is 11.1. The van der Waals surface area contributed by atoms with Gasteiger partial charge in [0.1, 0.15) is 5.78 Å². The van der Waals surface area contributed by atoms with E-state index in [-0.39, 0.29) is 17.8 Å². The molecule has 1 fully saturated rings. The number of carbonyl (C=O) groups excluding carboxylic acids is 1. The van der Waals surface area contributed by atoms with Gasteiger partial charge in [0.2, 0.25) is 0 Å². The number of carbonyl (C=O) groups is 1. The van der Waals surface area contributed by atoms with E-state index in [2.05, 4.69) is 0 Å². The lowest BCUT2D eigenvalue weighted by atomic mass is 9.96. The molecule has 1 aromatic rings. The van der Waals surface area contributed by atoms with Gasteiger partial charge < -0.3 is 4.74 Å². The molecule has 0 saturated carbocycles. The zero-order chi connectivity index (χ0) is 12.4. The molecule has 1 aromatic carbocycles. The molecule has 2 rings (SSSR count). The molecule has 1 saturated heterocycles. The largest absolute Gasteiger partial charge is 0.378 e. The summed E-state index contributed by atoms with van der Waals surface area (Å²) in [6.45, 7) is 2.50. The van der Waals surface area contributed by atoms with Crippen molar-refractivity contribution in [2.75, 3.05) is 6.61 Å². The Labute approximate surface area is 111 Å². The third kappa shape index (κ3) is 3.01. The first-order valence-electron chi connectivity index (χ1n) is 5.65. The molecule has 0 N–H and O–H groups in total. The first-order chi connectivity index (χ1) is 8.08. The Morgan fingerprint density at radius 2 is 2.06 bits per heavy atom. The number of hydrogen-bond acceptors (Lipinski definition) is 2. The fourth-order valence-corrected chi connectivity index (χ4v) is 2.59. The molecule has 1 aliphatic heterocycles. The van der Waals surface area contributed by atoms with Gasteiger partial charge in [0.15, 0.2) is 0 Å². The maximum absolute atomic E-state index is 12.1. The summed E-state index contributed by atoms with van der Waals surface area (Å²) in [4.78, 5) is 12.1. The number of benzene rings is 1. The highest BCUT2D eigenvalue weighted by molar-refractivity contribution is 6.36. The summed E-state index contributed by atoms with van der Waals surface area (Å²) in [5.41, 5.74) is 0.723. The number of Topliss-reactive ketones (excluding diaryl/α,β-unsaturated/α-hetero) is 1. The molecule has 0 aromatic heterocycles. The van der Waals surface area contributed by atoms with E-state index >= 15 is 0 Å². The van der Waals surface area contributed by atoms with Gasteiger partial charge in [-0.15, -0.1) is 0 Å². The summed E-state index contributed by atoms with van der Waals surface area (Å²) in [5.74, 6) is 0.140.